The van der Waals surface area contributed by atoms with Crippen LogP contribution in [0.2, 0.25) is 0 Å². The molecule has 0 spiro atoms. The highest BCUT2D eigenvalue weighted by atomic mass is 16.5. The number of fused-ring (bicyclic) bond motifs is 1. The smallest absolute Gasteiger partial charge is 0.164 e. The molecular formula is C19H23N3O3. The number of benzene rings is 2. The van der Waals surface area contributed by atoms with Crippen LogP contribution in [0.25, 0.3) is 11.0 Å². The molecule has 2 N–H and O–H groups in total. The Hall–Kier alpha value is -2.73. The highest BCUT2D eigenvalue weighted by Crippen LogP contribution is 2.34. The van der Waals surface area contributed by atoms with Crippen molar-refractivity contribution in [1.29, 1.82) is 0 Å². The van der Waals surface area contributed by atoms with Gasteiger partial charge in [0.2, 0.25) is 0 Å². The van der Waals surface area contributed by atoms with E-state index in [9.17, 15) is 0 Å². The SMILES string of the molecule is COc1cc(OC)c(OC)cc1CNCCc1nc2ccccc2[nH]1. The van der Waals surface area contributed by atoms with Gasteiger partial charge in [0.05, 0.1) is 32.4 Å². The largest absolute Gasteiger partial charge is 0.496 e. The van der Waals surface area contributed by atoms with Gasteiger partial charge in [0.15, 0.2) is 11.5 Å². The zero-order valence-electron chi connectivity index (χ0n) is 14.8. The summed E-state index contributed by atoms with van der Waals surface area (Å²) in [6.07, 6.45) is 0.824. The van der Waals surface area contributed by atoms with Crippen molar-refractivity contribution in [1.82, 2.24) is 15.3 Å². The van der Waals surface area contributed by atoms with Crippen LogP contribution < -0.4 is 19.5 Å². The molecule has 0 radical (unpaired) electrons. The van der Waals surface area contributed by atoms with Crippen molar-refractivity contribution in [3.8, 4) is 17.2 Å². The number of nitrogens with zero attached hydrogens (tertiary/aromatic N) is 1. The summed E-state index contributed by atoms with van der Waals surface area (Å²) < 4.78 is 16.1. The Morgan fingerprint density at radius 3 is 2.40 bits per heavy atom. The minimum absolute atomic E-state index is 0.658. The molecule has 132 valence electrons. The van der Waals surface area contributed by atoms with Gasteiger partial charge in [-0.3, -0.25) is 0 Å². The second-order valence-electron chi connectivity index (χ2n) is 5.65. The topological polar surface area (TPSA) is 68.4 Å². The molecule has 1 aromatic heterocycles. The van der Waals surface area contributed by atoms with Crippen LogP contribution in [0.5, 0.6) is 17.2 Å². The van der Waals surface area contributed by atoms with Gasteiger partial charge >= 0.3 is 0 Å². The van der Waals surface area contributed by atoms with Gasteiger partial charge in [-0.05, 0) is 18.2 Å². The average Bonchev–Trinajstić information content (AvgIpc) is 3.07. The van der Waals surface area contributed by atoms with E-state index >= 15 is 0 Å². The molecule has 0 amide bonds. The Labute approximate surface area is 147 Å². The number of H-pyrrole nitrogens is 1. The lowest BCUT2D eigenvalue weighted by atomic mass is 10.1. The average molecular weight is 341 g/mol. The van der Waals surface area contributed by atoms with Crippen LogP contribution in [-0.2, 0) is 13.0 Å². The van der Waals surface area contributed by atoms with Crippen molar-refractivity contribution in [2.75, 3.05) is 27.9 Å². The first-order valence-corrected chi connectivity index (χ1v) is 8.18. The quantitative estimate of drug-likeness (QED) is 0.617. The number of imidazole rings is 1. The van der Waals surface area contributed by atoms with Gasteiger partial charge in [-0.25, -0.2) is 4.98 Å². The van der Waals surface area contributed by atoms with Crippen molar-refractivity contribution < 1.29 is 14.2 Å². The normalized spacial score (nSPS) is 10.8. The molecule has 6 nitrogen and oxygen atoms in total. The molecule has 3 rings (SSSR count). The van der Waals surface area contributed by atoms with Crippen molar-refractivity contribution in [3.05, 3.63) is 47.8 Å². The van der Waals surface area contributed by atoms with Crippen molar-refractivity contribution >= 4 is 11.0 Å². The Bertz CT molecular complexity index is 812. The first kappa shape index (κ1) is 17.1. The molecule has 25 heavy (non-hydrogen) atoms. The van der Waals surface area contributed by atoms with Crippen LogP contribution >= 0.6 is 0 Å². The molecule has 0 fully saturated rings. The molecule has 0 bridgehead atoms. The number of hydrogen-bond donors (Lipinski definition) is 2. The number of rotatable bonds is 8. The number of para-hydroxylation sites is 2. The van der Waals surface area contributed by atoms with E-state index in [1.165, 1.54) is 0 Å². The first-order chi connectivity index (χ1) is 12.2. The minimum Gasteiger partial charge on any atom is -0.496 e. The van der Waals surface area contributed by atoms with Crippen LogP contribution in [-0.4, -0.2) is 37.8 Å². The molecule has 0 unspecified atom stereocenters. The fourth-order valence-corrected chi connectivity index (χ4v) is 2.78. The monoisotopic (exact) mass is 341 g/mol. The number of methoxy groups -OCH3 is 3. The lowest BCUT2D eigenvalue weighted by Crippen LogP contribution is -2.17. The van der Waals surface area contributed by atoms with Crippen molar-refractivity contribution in [2.45, 2.75) is 13.0 Å². The Morgan fingerprint density at radius 2 is 1.68 bits per heavy atom. The van der Waals surface area contributed by atoms with E-state index in [1.807, 2.05) is 36.4 Å². The number of ether oxygens (including phenoxy) is 3. The second-order valence-corrected chi connectivity index (χ2v) is 5.65. The molecular weight excluding hydrogens is 318 g/mol. The molecule has 0 saturated carbocycles. The maximum Gasteiger partial charge on any atom is 0.164 e. The van der Waals surface area contributed by atoms with Crippen LogP contribution in [0, 0.1) is 0 Å². The predicted molar refractivity (Wildman–Crippen MR) is 97.6 cm³/mol. The van der Waals surface area contributed by atoms with Crippen LogP contribution in [0.4, 0.5) is 0 Å². The molecule has 0 aliphatic rings. The van der Waals surface area contributed by atoms with Gasteiger partial charge < -0.3 is 24.5 Å². The number of hydrogen-bond acceptors (Lipinski definition) is 5. The van der Waals surface area contributed by atoms with Gasteiger partial charge in [0.25, 0.3) is 0 Å². The lowest BCUT2D eigenvalue weighted by molar-refractivity contribution is 0.347. The van der Waals surface area contributed by atoms with E-state index in [4.69, 9.17) is 14.2 Å². The highest BCUT2D eigenvalue weighted by Gasteiger charge is 2.11. The molecule has 6 heteroatoms. The van der Waals surface area contributed by atoms with Crippen LogP contribution in [0.1, 0.15) is 11.4 Å². The van der Waals surface area contributed by atoms with Crippen LogP contribution in [0.15, 0.2) is 36.4 Å². The van der Waals surface area contributed by atoms with Crippen molar-refractivity contribution in [3.63, 3.8) is 0 Å². The second kappa shape index (κ2) is 7.90. The zero-order valence-corrected chi connectivity index (χ0v) is 14.8. The summed E-state index contributed by atoms with van der Waals surface area (Å²) in [5.74, 6) is 3.10. The van der Waals surface area contributed by atoms with Gasteiger partial charge in [0.1, 0.15) is 11.6 Å². The van der Waals surface area contributed by atoms with Gasteiger partial charge in [0, 0.05) is 31.1 Å². The standard InChI is InChI=1S/C19H23N3O3/c1-23-16-11-18(25-3)17(24-2)10-13(16)12-20-9-8-19-21-14-6-4-5-7-15(14)22-19/h4-7,10-11,20H,8-9,12H2,1-3H3,(H,21,22). The van der Waals surface area contributed by atoms with E-state index in [0.29, 0.717) is 18.0 Å². The Balaban J connectivity index is 1.61. The lowest BCUT2D eigenvalue weighted by Gasteiger charge is -2.14. The van der Waals surface area contributed by atoms with Gasteiger partial charge in [-0.15, -0.1) is 0 Å². The molecule has 0 atom stereocenters. The van der Waals surface area contributed by atoms with E-state index in [2.05, 4.69) is 15.3 Å². The highest BCUT2D eigenvalue weighted by molar-refractivity contribution is 5.74. The summed E-state index contributed by atoms with van der Waals surface area (Å²) in [5.41, 5.74) is 3.09. The minimum atomic E-state index is 0.658. The summed E-state index contributed by atoms with van der Waals surface area (Å²) in [6, 6.07) is 11.8. The number of aromatic nitrogens is 2. The maximum atomic E-state index is 5.45. The third-order valence-electron chi connectivity index (χ3n) is 4.08. The molecule has 0 aliphatic carbocycles. The van der Waals surface area contributed by atoms with E-state index in [-0.39, 0.29) is 0 Å². The fourth-order valence-electron chi connectivity index (χ4n) is 2.78. The Morgan fingerprint density at radius 1 is 0.960 bits per heavy atom. The summed E-state index contributed by atoms with van der Waals surface area (Å²) in [4.78, 5) is 7.92. The summed E-state index contributed by atoms with van der Waals surface area (Å²) in [5, 5.41) is 3.42. The molecule has 0 aliphatic heterocycles. The van der Waals surface area contributed by atoms with E-state index in [1.54, 1.807) is 21.3 Å². The summed E-state index contributed by atoms with van der Waals surface area (Å²) >= 11 is 0. The zero-order chi connectivity index (χ0) is 17.6. The molecule has 0 saturated heterocycles. The van der Waals surface area contributed by atoms with Gasteiger partial charge in [-0.2, -0.15) is 0 Å². The fraction of sp³-hybridized carbons (Fsp3) is 0.316. The maximum absolute atomic E-state index is 5.45. The first-order valence-electron chi connectivity index (χ1n) is 8.18. The molecule has 1 heterocycles. The van der Waals surface area contributed by atoms with Crippen molar-refractivity contribution in [2.24, 2.45) is 0 Å². The number of aromatic amines is 1. The predicted octanol–water partition coefficient (Wildman–Crippen LogP) is 2.92. The third kappa shape index (κ3) is 3.85. The summed E-state index contributed by atoms with van der Waals surface area (Å²) in [7, 11) is 4.89. The summed E-state index contributed by atoms with van der Waals surface area (Å²) in [6.45, 7) is 1.47. The van der Waals surface area contributed by atoms with E-state index < -0.39 is 0 Å². The van der Waals surface area contributed by atoms with Crippen LogP contribution in [0.3, 0.4) is 0 Å². The molecule has 2 aromatic carbocycles. The third-order valence-corrected chi connectivity index (χ3v) is 4.08. The number of nitrogens with one attached hydrogen (secondary N) is 2. The Kier molecular flexibility index (Phi) is 5.40. The van der Waals surface area contributed by atoms with Gasteiger partial charge in [-0.1, -0.05) is 12.1 Å². The van der Waals surface area contributed by atoms with E-state index in [0.717, 1.165) is 41.1 Å². The molecule has 3 aromatic rings.